The van der Waals surface area contributed by atoms with Crippen molar-refractivity contribution in [1.82, 2.24) is 10.6 Å². The maximum absolute atomic E-state index is 13.1. The predicted octanol–water partition coefficient (Wildman–Crippen LogP) is 3.64. The number of urea groups is 1. The first-order valence-corrected chi connectivity index (χ1v) is 7.66. The van der Waals surface area contributed by atoms with Crippen molar-refractivity contribution < 1.29 is 9.18 Å². The van der Waals surface area contributed by atoms with Gasteiger partial charge in [-0.1, -0.05) is 0 Å². The van der Waals surface area contributed by atoms with Gasteiger partial charge in [0.05, 0.1) is 6.54 Å². The molecule has 1 heterocycles. The Kier molecular flexibility index (Phi) is 3.61. The highest BCUT2D eigenvalue weighted by Gasteiger charge is 2.28. The minimum atomic E-state index is -0.231. The second kappa shape index (κ2) is 5.40. The number of carbonyl (C=O) groups is 1. The van der Waals surface area contributed by atoms with Crippen LogP contribution in [0, 0.1) is 11.7 Å². The van der Waals surface area contributed by atoms with E-state index < -0.39 is 0 Å². The zero-order chi connectivity index (χ0) is 14.1. The first-order valence-electron chi connectivity index (χ1n) is 6.84. The minimum absolute atomic E-state index is 0.131. The van der Waals surface area contributed by atoms with Crippen LogP contribution in [0.4, 0.5) is 9.18 Å². The molecule has 106 valence electrons. The molecule has 5 heteroatoms. The molecule has 0 saturated heterocycles. The lowest BCUT2D eigenvalue weighted by Crippen LogP contribution is -2.41. The summed E-state index contributed by atoms with van der Waals surface area (Å²) in [6.45, 7) is 2.52. The SMILES string of the molecule is C[C@@H](NC(=O)NCc1cc2cc(F)ccc2s1)C1CC1. The Bertz CT molecular complexity index is 636. The van der Waals surface area contributed by atoms with Crippen molar-refractivity contribution >= 4 is 27.5 Å². The maximum Gasteiger partial charge on any atom is 0.315 e. The van der Waals surface area contributed by atoms with E-state index in [2.05, 4.69) is 10.6 Å². The fourth-order valence-corrected chi connectivity index (χ4v) is 3.28. The monoisotopic (exact) mass is 292 g/mol. The molecule has 1 fully saturated rings. The van der Waals surface area contributed by atoms with Gasteiger partial charge >= 0.3 is 6.03 Å². The first kappa shape index (κ1) is 13.4. The molecule has 1 saturated carbocycles. The van der Waals surface area contributed by atoms with Gasteiger partial charge in [0.25, 0.3) is 0 Å². The van der Waals surface area contributed by atoms with Gasteiger partial charge in [-0.3, -0.25) is 0 Å². The summed E-state index contributed by atoms with van der Waals surface area (Å²) < 4.78 is 14.1. The Morgan fingerprint density at radius 3 is 3.00 bits per heavy atom. The predicted molar refractivity (Wildman–Crippen MR) is 79.3 cm³/mol. The smallest absolute Gasteiger partial charge is 0.315 e. The summed E-state index contributed by atoms with van der Waals surface area (Å²) in [5.41, 5.74) is 0. The lowest BCUT2D eigenvalue weighted by atomic mass is 10.2. The van der Waals surface area contributed by atoms with E-state index in [0.29, 0.717) is 12.5 Å². The Hall–Kier alpha value is -1.62. The minimum Gasteiger partial charge on any atom is -0.335 e. The second-order valence-corrected chi connectivity index (χ2v) is 6.52. The van der Waals surface area contributed by atoms with E-state index >= 15 is 0 Å². The fourth-order valence-electron chi connectivity index (χ4n) is 2.30. The molecular formula is C15H17FN2OS. The average molecular weight is 292 g/mol. The molecule has 2 aromatic rings. The maximum atomic E-state index is 13.1. The largest absolute Gasteiger partial charge is 0.335 e. The number of fused-ring (bicyclic) bond motifs is 1. The van der Waals surface area contributed by atoms with Crippen LogP contribution in [0.2, 0.25) is 0 Å². The molecular weight excluding hydrogens is 275 g/mol. The number of thiophene rings is 1. The van der Waals surface area contributed by atoms with Crippen LogP contribution in [0.3, 0.4) is 0 Å². The zero-order valence-corrected chi connectivity index (χ0v) is 12.1. The lowest BCUT2D eigenvalue weighted by molar-refractivity contribution is 0.236. The second-order valence-electron chi connectivity index (χ2n) is 5.35. The van der Waals surface area contributed by atoms with Crippen LogP contribution in [0.15, 0.2) is 24.3 Å². The zero-order valence-electron chi connectivity index (χ0n) is 11.3. The normalized spacial score (nSPS) is 16.1. The number of hydrogen-bond donors (Lipinski definition) is 2. The molecule has 0 spiro atoms. The Labute approximate surface area is 121 Å². The van der Waals surface area contributed by atoms with Crippen molar-refractivity contribution in [3.05, 3.63) is 35.0 Å². The molecule has 1 aromatic carbocycles. The quantitative estimate of drug-likeness (QED) is 0.887. The third-order valence-electron chi connectivity index (χ3n) is 3.64. The van der Waals surface area contributed by atoms with E-state index in [9.17, 15) is 9.18 Å². The highest BCUT2D eigenvalue weighted by Crippen LogP contribution is 2.32. The molecule has 1 aromatic heterocycles. The summed E-state index contributed by atoms with van der Waals surface area (Å²) in [6.07, 6.45) is 2.42. The third-order valence-corrected chi connectivity index (χ3v) is 4.76. The molecule has 1 atom stereocenters. The molecule has 2 N–H and O–H groups in total. The van der Waals surface area contributed by atoms with E-state index in [1.165, 1.54) is 25.0 Å². The molecule has 0 unspecified atom stereocenters. The topological polar surface area (TPSA) is 41.1 Å². The molecule has 0 bridgehead atoms. The van der Waals surface area contributed by atoms with Crippen LogP contribution >= 0.6 is 11.3 Å². The van der Waals surface area contributed by atoms with Crippen LogP contribution in [-0.2, 0) is 6.54 Å². The van der Waals surface area contributed by atoms with Crippen molar-refractivity contribution in [2.24, 2.45) is 5.92 Å². The number of hydrogen-bond acceptors (Lipinski definition) is 2. The molecule has 1 aliphatic rings. The first-order chi connectivity index (χ1) is 9.61. The van der Waals surface area contributed by atoms with Crippen LogP contribution in [-0.4, -0.2) is 12.1 Å². The van der Waals surface area contributed by atoms with E-state index in [1.807, 2.05) is 13.0 Å². The summed E-state index contributed by atoms with van der Waals surface area (Å²) in [4.78, 5) is 12.8. The van der Waals surface area contributed by atoms with Crippen LogP contribution < -0.4 is 10.6 Å². The van der Waals surface area contributed by atoms with Gasteiger partial charge in [0.15, 0.2) is 0 Å². The third kappa shape index (κ3) is 3.10. The average Bonchev–Trinajstić information content (AvgIpc) is 3.17. The Morgan fingerprint density at radius 1 is 1.45 bits per heavy atom. The number of benzene rings is 1. The van der Waals surface area contributed by atoms with Crippen molar-refractivity contribution in [3.8, 4) is 0 Å². The molecule has 3 nitrogen and oxygen atoms in total. The Morgan fingerprint density at radius 2 is 2.25 bits per heavy atom. The molecule has 0 aliphatic heterocycles. The van der Waals surface area contributed by atoms with E-state index in [4.69, 9.17) is 0 Å². The molecule has 2 amide bonds. The highest BCUT2D eigenvalue weighted by atomic mass is 32.1. The number of carbonyl (C=O) groups excluding carboxylic acids is 1. The van der Waals surface area contributed by atoms with Crippen LogP contribution in [0.25, 0.3) is 10.1 Å². The summed E-state index contributed by atoms with van der Waals surface area (Å²) in [6, 6.07) is 6.78. The van der Waals surface area contributed by atoms with Crippen molar-refractivity contribution in [2.45, 2.75) is 32.4 Å². The summed E-state index contributed by atoms with van der Waals surface area (Å²) in [7, 11) is 0. The number of amides is 2. The molecule has 3 rings (SSSR count). The standard InChI is InChI=1S/C15H17FN2OS/c1-9(10-2-3-10)18-15(19)17-8-13-7-11-6-12(16)4-5-14(11)20-13/h4-7,9-10H,2-3,8H2,1H3,(H2,17,18,19)/t9-/m1/s1. The highest BCUT2D eigenvalue weighted by molar-refractivity contribution is 7.19. The lowest BCUT2D eigenvalue weighted by Gasteiger charge is -2.13. The molecule has 0 radical (unpaired) electrons. The molecule has 20 heavy (non-hydrogen) atoms. The van der Waals surface area contributed by atoms with Gasteiger partial charge in [-0.25, -0.2) is 9.18 Å². The Balaban J connectivity index is 1.57. The van der Waals surface area contributed by atoms with Crippen LogP contribution in [0.1, 0.15) is 24.6 Å². The summed E-state index contributed by atoms with van der Waals surface area (Å²) in [5, 5.41) is 6.69. The van der Waals surface area contributed by atoms with Gasteiger partial charge in [0.1, 0.15) is 5.82 Å². The van der Waals surface area contributed by atoms with E-state index in [0.717, 1.165) is 15.0 Å². The van der Waals surface area contributed by atoms with Gasteiger partial charge in [0.2, 0.25) is 0 Å². The molecule has 1 aliphatic carbocycles. The van der Waals surface area contributed by atoms with E-state index in [1.54, 1.807) is 17.4 Å². The van der Waals surface area contributed by atoms with Gasteiger partial charge in [-0.15, -0.1) is 11.3 Å². The van der Waals surface area contributed by atoms with Crippen molar-refractivity contribution in [1.29, 1.82) is 0 Å². The summed E-state index contributed by atoms with van der Waals surface area (Å²) in [5.74, 6) is 0.416. The fraction of sp³-hybridized carbons (Fsp3) is 0.400. The number of nitrogens with one attached hydrogen (secondary N) is 2. The van der Waals surface area contributed by atoms with Gasteiger partial charge in [-0.2, -0.15) is 0 Å². The summed E-state index contributed by atoms with van der Waals surface area (Å²) >= 11 is 1.58. The van der Waals surface area contributed by atoms with Gasteiger partial charge < -0.3 is 10.6 Å². The van der Waals surface area contributed by atoms with Gasteiger partial charge in [0, 0.05) is 15.6 Å². The van der Waals surface area contributed by atoms with E-state index in [-0.39, 0.29) is 17.9 Å². The van der Waals surface area contributed by atoms with Crippen molar-refractivity contribution in [3.63, 3.8) is 0 Å². The van der Waals surface area contributed by atoms with Gasteiger partial charge in [-0.05, 0) is 55.3 Å². The van der Waals surface area contributed by atoms with Crippen molar-refractivity contribution in [2.75, 3.05) is 0 Å². The number of halogens is 1. The number of rotatable bonds is 4. The van der Waals surface area contributed by atoms with Crippen LogP contribution in [0.5, 0.6) is 0 Å².